The Kier molecular flexibility index (Phi) is 3.21. The number of hydrogen-bond donors (Lipinski definition) is 0. The first-order chi connectivity index (χ1) is 9.29. The zero-order valence-electron chi connectivity index (χ0n) is 10.8. The molecule has 5 heteroatoms. The van der Waals surface area contributed by atoms with Crippen LogP contribution in [0.5, 0.6) is 5.75 Å². The van der Waals surface area contributed by atoms with Gasteiger partial charge in [0.1, 0.15) is 5.75 Å². The minimum Gasteiger partial charge on any atom is -0.497 e. The molecular formula is C14H16N2O3. The van der Waals surface area contributed by atoms with Crippen molar-refractivity contribution in [3.8, 4) is 5.75 Å². The quantitative estimate of drug-likeness (QED) is 0.825. The van der Waals surface area contributed by atoms with Crippen LogP contribution in [0.4, 0.5) is 0 Å². The van der Waals surface area contributed by atoms with Crippen LogP contribution in [0.2, 0.25) is 0 Å². The Labute approximate surface area is 110 Å². The maximum atomic E-state index is 12.4. The lowest BCUT2D eigenvalue weighted by Gasteiger charge is -2.23. The molecule has 1 fully saturated rings. The van der Waals surface area contributed by atoms with E-state index < -0.39 is 0 Å². The number of aromatic nitrogens is 2. The lowest BCUT2D eigenvalue weighted by Crippen LogP contribution is -2.31. The Balaban J connectivity index is 2.07. The summed E-state index contributed by atoms with van der Waals surface area (Å²) in [6.45, 7) is 1.39. The Morgan fingerprint density at radius 1 is 1.37 bits per heavy atom. The second-order valence-corrected chi connectivity index (χ2v) is 4.69. The first kappa shape index (κ1) is 12.2. The van der Waals surface area contributed by atoms with Crippen LogP contribution in [-0.4, -0.2) is 30.1 Å². The third-order valence-corrected chi connectivity index (χ3v) is 3.56. The van der Waals surface area contributed by atoms with Crippen LogP contribution in [-0.2, 0) is 4.74 Å². The second kappa shape index (κ2) is 5.01. The van der Waals surface area contributed by atoms with E-state index in [1.807, 2.05) is 6.07 Å². The molecule has 5 nitrogen and oxygen atoms in total. The Hall–Kier alpha value is -1.88. The largest absolute Gasteiger partial charge is 0.497 e. The Bertz CT molecular complexity index is 645. The molecule has 19 heavy (non-hydrogen) atoms. The molecule has 0 unspecified atom stereocenters. The van der Waals surface area contributed by atoms with Gasteiger partial charge in [-0.05, 0) is 31.0 Å². The van der Waals surface area contributed by atoms with Gasteiger partial charge >= 0.3 is 0 Å². The van der Waals surface area contributed by atoms with E-state index in [1.54, 1.807) is 30.1 Å². The van der Waals surface area contributed by atoms with Crippen molar-refractivity contribution in [3.05, 3.63) is 34.7 Å². The molecule has 0 saturated carbocycles. The van der Waals surface area contributed by atoms with Gasteiger partial charge in [0.05, 0.1) is 24.7 Å². The highest BCUT2D eigenvalue weighted by atomic mass is 16.5. The van der Waals surface area contributed by atoms with E-state index in [1.165, 1.54) is 0 Å². The molecule has 1 saturated heterocycles. The van der Waals surface area contributed by atoms with Crippen molar-refractivity contribution in [2.45, 2.75) is 18.9 Å². The van der Waals surface area contributed by atoms with Crippen molar-refractivity contribution >= 4 is 10.8 Å². The van der Waals surface area contributed by atoms with Gasteiger partial charge in [0.25, 0.3) is 5.56 Å². The molecular weight excluding hydrogens is 244 g/mol. The maximum absolute atomic E-state index is 12.4. The number of hydrogen-bond acceptors (Lipinski definition) is 4. The zero-order chi connectivity index (χ0) is 13.2. The third kappa shape index (κ3) is 2.21. The monoisotopic (exact) mass is 260 g/mol. The summed E-state index contributed by atoms with van der Waals surface area (Å²) in [5.74, 6) is 0.734. The number of rotatable bonds is 2. The minimum absolute atomic E-state index is 0.0351. The molecule has 2 aromatic rings. The molecule has 0 radical (unpaired) electrons. The second-order valence-electron chi connectivity index (χ2n) is 4.69. The summed E-state index contributed by atoms with van der Waals surface area (Å²) in [5.41, 5.74) is -0.0351. The smallest absolute Gasteiger partial charge is 0.274 e. The summed E-state index contributed by atoms with van der Waals surface area (Å²) >= 11 is 0. The van der Waals surface area contributed by atoms with E-state index in [-0.39, 0.29) is 11.6 Å². The fraction of sp³-hybridized carbons (Fsp3) is 0.429. The predicted molar refractivity (Wildman–Crippen MR) is 71.6 cm³/mol. The van der Waals surface area contributed by atoms with Gasteiger partial charge in [-0.15, -0.1) is 0 Å². The number of nitrogens with zero attached hydrogens (tertiary/aromatic N) is 2. The average Bonchev–Trinajstić information content (AvgIpc) is 2.48. The van der Waals surface area contributed by atoms with Crippen LogP contribution in [0, 0.1) is 0 Å². The van der Waals surface area contributed by atoms with Crippen LogP contribution < -0.4 is 10.3 Å². The molecule has 1 aromatic carbocycles. The van der Waals surface area contributed by atoms with Crippen LogP contribution in [0.1, 0.15) is 18.9 Å². The van der Waals surface area contributed by atoms with Gasteiger partial charge in [-0.2, -0.15) is 5.10 Å². The summed E-state index contributed by atoms with van der Waals surface area (Å²) in [7, 11) is 1.61. The molecule has 100 valence electrons. The summed E-state index contributed by atoms with van der Waals surface area (Å²) in [6, 6.07) is 5.58. The number of fused-ring (bicyclic) bond motifs is 1. The highest BCUT2D eigenvalue weighted by Gasteiger charge is 2.18. The standard InChI is InChI=1S/C14H16N2O3/c1-18-12-2-3-13-10(8-12)9-15-16(14(13)17)11-4-6-19-7-5-11/h2-3,8-9,11H,4-7H2,1H3. The van der Waals surface area contributed by atoms with E-state index in [0.29, 0.717) is 18.6 Å². The summed E-state index contributed by atoms with van der Waals surface area (Å²) < 4.78 is 12.1. The van der Waals surface area contributed by atoms with Crippen LogP contribution in [0.15, 0.2) is 29.2 Å². The van der Waals surface area contributed by atoms with E-state index in [4.69, 9.17) is 9.47 Å². The van der Waals surface area contributed by atoms with Gasteiger partial charge in [0.2, 0.25) is 0 Å². The molecule has 2 heterocycles. The van der Waals surface area contributed by atoms with Gasteiger partial charge in [0, 0.05) is 18.6 Å². The topological polar surface area (TPSA) is 53.4 Å². The molecule has 0 spiro atoms. The molecule has 0 amide bonds. The summed E-state index contributed by atoms with van der Waals surface area (Å²) in [4.78, 5) is 12.4. The zero-order valence-corrected chi connectivity index (χ0v) is 10.8. The number of benzene rings is 1. The van der Waals surface area contributed by atoms with Gasteiger partial charge < -0.3 is 9.47 Å². The predicted octanol–water partition coefficient (Wildman–Crippen LogP) is 1.76. The van der Waals surface area contributed by atoms with Crippen molar-refractivity contribution in [2.75, 3.05) is 20.3 Å². The third-order valence-electron chi connectivity index (χ3n) is 3.56. The van der Waals surface area contributed by atoms with Crippen LogP contribution in [0.3, 0.4) is 0 Å². The average molecular weight is 260 g/mol. The maximum Gasteiger partial charge on any atom is 0.274 e. The van der Waals surface area contributed by atoms with Gasteiger partial charge in [-0.1, -0.05) is 0 Å². The van der Waals surface area contributed by atoms with Crippen molar-refractivity contribution in [2.24, 2.45) is 0 Å². The fourth-order valence-corrected chi connectivity index (χ4v) is 2.46. The SMILES string of the molecule is COc1ccc2c(=O)n(C3CCOCC3)ncc2c1. The normalized spacial score (nSPS) is 16.7. The first-order valence-electron chi connectivity index (χ1n) is 6.43. The van der Waals surface area contributed by atoms with E-state index in [0.717, 1.165) is 24.0 Å². The van der Waals surface area contributed by atoms with Crippen molar-refractivity contribution in [1.82, 2.24) is 9.78 Å². The van der Waals surface area contributed by atoms with Crippen LogP contribution in [0.25, 0.3) is 10.8 Å². The molecule has 0 N–H and O–H groups in total. The number of methoxy groups -OCH3 is 1. The van der Waals surface area contributed by atoms with Crippen molar-refractivity contribution < 1.29 is 9.47 Å². The highest BCUT2D eigenvalue weighted by Crippen LogP contribution is 2.21. The molecule has 0 bridgehead atoms. The molecule has 3 rings (SSSR count). The van der Waals surface area contributed by atoms with E-state index in [9.17, 15) is 4.79 Å². The Morgan fingerprint density at radius 3 is 2.89 bits per heavy atom. The lowest BCUT2D eigenvalue weighted by atomic mass is 10.1. The van der Waals surface area contributed by atoms with E-state index >= 15 is 0 Å². The van der Waals surface area contributed by atoms with Gasteiger partial charge in [-0.25, -0.2) is 4.68 Å². The fourth-order valence-electron chi connectivity index (χ4n) is 2.46. The first-order valence-corrected chi connectivity index (χ1v) is 6.43. The van der Waals surface area contributed by atoms with Crippen molar-refractivity contribution in [3.63, 3.8) is 0 Å². The van der Waals surface area contributed by atoms with Gasteiger partial charge in [0.15, 0.2) is 0 Å². The summed E-state index contributed by atoms with van der Waals surface area (Å²) in [6.07, 6.45) is 3.41. The summed E-state index contributed by atoms with van der Waals surface area (Å²) in [5, 5.41) is 5.79. The van der Waals surface area contributed by atoms with Gasteiger partial charge in [-0.3, -0.25) is 4.79 Å². The molecule has 0 atom stereocenters. The van der Waals surface area contributed by atoms with E-state index in [2.05, 4.69) is 5.10 Å². The number of ether oxygens (including phenoxy) is 2. The molecule has 1 aromatic heterocycles. The lowest BCUT2D eigenvalue weighted by molar-refractivity contribution is 0.0650. The molecule has 1 aliphatic heterocycles. The van der Waals surface area contributed by atoms with Crippen LogP contribution >= 0.6 is 0 Å². The Morgan fingerprint density at radius 2 is 2.16 bits per heavy atom. The minimum atomic E-state index is -0.0351. The molecule has 0 aliphatic carbocycles. The molecule has 1 aliphatic rings. The highest BCUT2D eigenvalue weighted by molar-refractivity contribution is 5.82. The van der Waals surface area contributed by atoms with Crippen molar-refractivity contribution in [1.29, 1.82) is 0 Å².